The largest absolute Gasteiger partial charge is 0.493 e. The van der Waals surface area contributed by atoms with Gasteiger partial charge in [0.1, 0.15) is 5.75 Å². The topological polar surface area (TPSA) is 63.5 Å². The molecule has 1 amide bonds. The number of rotatable bonds is 4. The molecular weight excluding hydrogens is 366 g/mol. The van der Waals surface area contributed by atoms with Crippen molar-refractivity contribution in [2.45, 2.75) is 13.0 Å². The second-order valence-electron chi connectivity index (χ2n) is 7.46. The average Bonchev–Trinajstić information content (AvgIpc) is 3.46. The summed E-state index contributed by atoms with van der Waals surface area (Å²) < 4.78 is 7.27. The second kappa shape index (κ2) is 7.67. The number of hydrogen-bond acceptors (Lipinski definition) is 5. The molecule has 2 aliphatic heterocycles. The summed E-state index contributed by atoms with van der Waals surface area (Å²) in [5, 5.41) is 4.16. The Morgan fingerprint density at radius 2 is 2.00 bits per heavy atom. The standard InChI is InChI=1S/C22H23N5O2/c28-22(19-3-5-21(23-15-19)27-8-1-7-24-27)26-11-9-25(10-12-26)16-17-2-4-20-18(14-17)6-13-29-20/h1-5,7-8,14-15H,6,9-13,16H2. The van der Waals surface area contributed by atoms with Gasteiger partial charge in [-0.25, -0.2) is 9.67 Å². The molecule has 4 heterocycles. The number of nitrogens with zero attached hydrogens (tertiary/aromatic N) is 5. The molecule has 0 saturated carbocycles. The molecular formula is C22H23N5O2. The van der Waals surface area contributed by atoms with Gasteiger partial charge in [0.2, 0.25) is 0 Å². The molecule has 148 valence electrons. The van der Waals surface area contributed by atoms with E-state index in [1.165, 1.54) is 11.1 Å². The SMILES string of the molecule is O=C(c1ccc(-n2cccn2)nc1)N1CCN(Cc2ccc3c(c2)CCO3)CC1. The molecule has 0 aliphatic carbocycles. The number of pyridine rings is 1. The molecule has 5 rings (SSSR count). The van der Waals surface area contributed by atoms with Crippen molar-refractivity contribution in [3.8, 4) is 11.6 Å². The van der Waals surface area contributed by atoms with Crippen LogP contribution in [0, 0.1) is 0 Å². The zero-order valence-corrected chi connectivity index (χ0v) is 16.2. The van der Waals surface area contributed by atoms with Crippen molar-refractivity contribution in [2.24, 2.45) is 0 Å². The maximum absolute atomic E-state index is 12.8. The van der Waals surface area contributed by atoms with Crippen molar-refractivity contribution in [3.63, 3.8) is 0 Å². The van der Waals surface area contributed by atoms with Gasteiger partial charge in [-0.15, -0.1) is 0 Å². The zero-order valence-electron chi connectivity index (χ0n) is 16.2. The first-order valence-electron chi connectivity index (χ1n) is 9.98. The molecule has 0 radical (unpaired) electrons. The second-order valence-corrected chi connectivity index (χ2v) is 7.46. The minimum absolute atomic E-state index is 0.0406. The van der Waals surface area contributed by atoms with Gasteiger partial charge >= 0.3 is 0 Å². The lowest BCUT2D eigenvalue weighted by molar-refractivity contribution is 0.0628. The number of benzene rings is 1. The first-order chi connectivity index (χ1) is 14.3. The molecule has 2 aromatic heterocycles. The van der Waals surface area contributed by atoms with Crippen LogP contribution in [0.5, 0.6) is 5.75 Å². The highest BCUT2D eigenvalue weighted by Gasteiger charge is 2.23. The van der Waals surface area contributed by atoms with E-state index in [1.54, 1.807) is 17.1 Å². The monoisotopic (exact) mass is 389 g/mol. The summed E-state index contributed by atoms with van der Waals surface area (Å²) in [5.41, 5.74) is 3.24. The van der Waals surface area contributed by atoms with E-state index in [1.807, 2.05) is 29.3 Å². The van der Waals surface area contributed by atoms with Crippen molar-refractivity contribution < 1.29 is 9.53 Å². The number of carbonyl (C=O) groups is 1. The summed E-state index contributed by atoms with van der Waals surface area (Å²) in [6.45, 7) is 4.91. The number of amides is 1. The van der Waals surface area contributed by atoms with Gasteiger partial charge in [0, 0.05) is 57.7 Å². The summed E-state index contributed by atoms with van der Waals surface area (Å²) in [4.78, 5) is 21.5. The van der Waals surface area contributed by atoms with Gasteiger partial charge in [-0.05, 0) is 35.4 Å². The minimum atomic E-state index is 0.0406. The first kappa shape index (κ1) is 17.9. The molecule has 3 aromatic rings. The quantitative estimate of drug-likeness (QED) is 0.684. The van der Waals surface area contributed by atoms with Crippen LogP contribution >= 0.6 is 0 Å². The highest BCUT2D eigenvalue weighted by Crippen LogP contribution is 2.26. The highest BCUT2D eigenvalue weighted by atomic mass is 16.5. The van der Waals surface area contributed by atoms with E-state index in [-0.39, 0.29) is 5.91 Å². The van der Waals surface area contributed by atoms with E-state index >= 15 is 0 Å². The van der Waals surface area contributed by atoms with Gasteiger partial charge in [-0.3, -0.25) is 9.69 Å². The van der Waals surface area contributed by atoms with Crippen LogP contribution in [-0.4, -0.2) is 63.3 Å². The van der Waals surface area contributed by atoms with Gasteiger partial charge in [-0.2, -0.15) is 5.10 Å². The van der Waals surface area contributed by atoms with Crippen LogP contribution in [-0.2, 0) is 13.0 Å². The van der Waals surface area contributed by atoms with Gasteiger partial charge in [-0.1, -0.05) is 12.1 Å². The van der Waals surface area contributed by atoms with Crippen LogP contribution < -0.4 is 4.74 Å². The molecule has 7 nitrogen and oxygen atoms in total. The van der Waals surface area contributed by atoms with Crippen molar-refractivity contribution in [1.82, 2.24) is 24.6 Å². The van der Waals surface area contributed by atoms with E-state index < -0.39 is 0 Å². The van der Waals surface area contributed by atoms with Crippen molar-refractivity contribution in [2.75, 3.05) is 32.8 Å². The maximum atomic E-state index is 12.8. The summed E-state index contributed by atoms with van der Waals surface area (Å²) in [6.07, 6.45) is 6.17. The molecule has 1 saturated heterocycles. The molecule has 1 aromatic carbocycles. The third kappa shape index (κ3) is 3.73. The summed E-state index contributed by atoms with van der Waals surface area (Å²) in [7, 11) is 0. The number of piperazine rings is 1. The summed E-state index contributed by atoms with van der Waals surface area (Å²) in [5.74, 6) is 1.77. The Hall–Kier alpha value is -3.19. The van der Waals surface area contributed by atoms with Crippen molar-refractivity contribution in [3.05, 3.63) is 71.7 Å². The molecule has 2 aliphatic rings. The Morgan fingerprint density at radius 1 is 1.10 bits per heavy atom. The number of carbonyl (C=O) groups excluding carboxylic acids is 1. The number of aromatic nitrogens is 3. The molecule has 0 unspecified atom stereocenters. The van der Waals surface area contributed by atoms with Gasteiger partial charge < -0.3 is 9.64 Å². The van der Waals surface area contributed by atoms with E-state index in [2.05, 4.69) is 33.2 Å². The van der Waals surface area contributed by atoms with Gasteiger partial charge in [0.25, 0.3) is 5.91 Å². The van der Waals surface area contributed by atoms with Crippen LogP contribution in [0.2, 0.25) is 0 Å². The molecule has 0 spiro atoms. The molecule has 29 heavy (non-hydrogen) atoms. The molecule has 7 heteroatoms. The van der Waals surface area contributed by atoms with E-state index in [4.69, 9.17) is 4.74 Å². The Bertz CT molecular complexity index is 993. The Morgan fingerprint density at radius 3 is 2.76 bits per heavy atom. The molecule has 0 bridgehead atoms. The van der Waals surface area contributed by atoms with Gasteiger partial charge in [0.15, 0.2) is 5.82 Å². The summed E-state index contributed by atoms with van der Waals surface area (Å²) >= 11 is 0. The van der Waals surface area contributed by atoms with Crippen LogP contribution in [0.4, 0.5) is 0 Å². The Labute approximate surface area is 169 Å². The lowest BCUT2D eigenvalue weighted by atomic mass is 10.1. The van der Waals surface area contributed by atoms with Crippen LogP contribution in [0.25, 0.3) is 5.82 Å². The lowest BCUT2D eigenvalue weighted by Gasteiger charge is -2.34. The van der Waals surface area contributed by atoms with Crippen molar-refractivity contribution in [1.29, 1.82) is 0 Å². The first-order valence-corrected chi connectivity index (χ1v) is 9.98. The third-order valence-electron chi connectivity index (χ3n) is 5.55. The smallest absolute Gasteiger partial charge is 0.255 e. The number of hydrogen-bond donors (Lipinski definition) is 0. The zero-order chi connectivity index (χ0) is 19.6. The van der Waals surface area contributed by atoms with Crippen molar-refractivity contribution >= 4 is 5.91 Å². The highest BCUT2D eigenvalue weighted by molar-refractivity contribution is 5.94. The Kier molecular flexibility index (Phi) is 4.73. The minimum Gasteiger partial charge on any atom is -0.493 e. The fourth-order valence-corrected chi connectivity index (χ4v) is 3.94. The summed E-state index contributed by atoms with van der Waals surface area (Å²) in [6, 6.07) is 12.0. The number of ether oxygens (including phenoxy) is 1. The molecule has 0 atom stereocenters. The predicted octanol–water partition coefficient (Wildman–Crippen LogP) is 2.16. The lowest BCUT2D eigenvalue weighted by Crippen LogP contribution is -2.48. The van der Waals surface area contributed by atoms with Crippen LogP contribution in [0.1, 0.15) is 21.5 Å². The fourth-order valence-electron chi connectivity index (χ4n) is 3.94. The van der Waals surface area contributed by atoms with E-state index in [0.717, 1.165) is 51.5 Å². The normalized spacial score (nSPS) is 16.5. The van der Waals surface area contributed by atoms with Crippen LogP contribution in [0.15, 0.2) is 55.0 Å². The van der Waals surface area contributed by atoms with E-state index in [0.29, 0.717) is 11.4 Å². The third-order valence-corrected chi connectivity index (χ3v) is 5.55. The average molecular weight is 389 g/mol. The maximum Gasteiger partial charge on any atom is 0.255 e. The molecule has 1 fully saturated rings. The Balaban J connectivity index is 1.17. The number of fused-ring (bicyclic) bond motifs is 1. The molecule has 0 N–H and O–H groups in total. The van der Waals surface area contributed by atoms with Gasteiger partial charge in [0.05, 0.1) is 12.2 Å². The fraction of sp³-hybridized carbons (Fsp3) is 0.318. The van der Waals surface area contributed by atoms with E-state index in [9.17, 15) is 4.79 Å². The predicted molar refractivity (Wildman–Crippen MR) is 108 cm³/mol. The van der Waals surface area contributed by atoms with Crippen LogP contribution in [0.3, 0.4) is 0 Å².